The molecule has 0 radical (unpaired) electrons. The van der Waals surface area contributed by atoms with Crippen molar-refractivity contribution < 1.29 is 19.1 Å². The van der Waals surface area contributed by atoms with E-state index in [1.54, 1.807) is 44.2 Å². The van der Waals surface area contributed by atoms with Crippen molar-refractivity contribution in [2.75, 3.05) is 25.7 Å². The molecule has 1 aromatic carbocycles. The predicted molar refractivity (Wildman–Crippen MR) is 69.5 cm³/mol. The van der Waals surface area contributed by atoms with Gasteiger partial charge in [-0.1, -0.05) is 0 Å². The van der Waals surface area contributed by atoms with Gasteiger partial charge in [-0.25, -0.2) is 0 Å². The van der Waals surface area contributed by atoms with Gasteiger partial charge in [0.2, 0.25) is 11.8 Å². The summed E-state index contributed by atoms with van der Waals surface area (Å²) in [5, 5.41) is 2.30. The molecule has 19 heavy (non-hydrogen) atoms. The normalized spacial score (nSPS) is 19.1. The molecule has 0 spiro atoms. The summed E-state index contributed by atoms with van der Waals surface area (Å²) in [6.07, 6.45) is 0. The van der Waals surface area contributed by atoms with Crippen molar-refractivity contribution in [1.29, 1.82) is 0 Å². The lowest BCUT2D eigenvalue weighted by Gasteiger charge is -2.34. The van der Waals surface area contributed by atoms with E-state index >= 15 is 0 Å². The summed E-state index contributed by atoms with van der Waals surface area (Å²) in [6.45, 7) is 1.84. The molecule has 1 aliphatic heterocycles. The van der Waals surface area contributed by atoms with Gasteiger partial charge in [-0.15, -0.1) is 0 Å². The number of anilines is 1. The van der Waals surface area contributed by atoms with Gasteiger partial charge in [0.25, 0.3) is 0 Å². The highest BCUT2D eigenvalue weighted by Gasteiger charge is 2.32. The Bertz CT molecular complexity index is 515. The van der Waals surface area contributed by atoms with Crippen LogP contribution in [0.4, 0.5) is 5.69 Å². The average molecular weight is 264 g/mol. The second kappa shape index (κ2) is 5.17. The Morgan fingerprint density at radius 3 is 2.63 bits per heavy atom. The molecule has 1 N–H and O–H groups in total. The molecule has 1 unspecified atom stereocenters. The number of ether oxygens (including phenoxy) is 2. The first-order valence-electron chi connectivity index (χ1n) is 5.89. The van der Waals surface area contributed by atoms with Gasteiger partial charge >= 0.3 is 0 Å². The number of hydrogen-bond donors (Lipinski definition) is 1. The van der Waals surface area contributed by atoms with Crippen molar-refractivity contribution in [3.63, 3.8) is 0 Å². The molecule has 2 rings (SSSR count). The highest BCUT2D eigenvalue weighted by molar-refractivity contribution is 6.04. The van der Waals surface area contributed by atoms with Crippen molar-refractivity contribution in [3.8, 4) is 11.5 Å². The van der Waals surface area contributed by atoms with Crippen LogP contribution in [0.1, 0.15) is 6.92 Å². The van der Waals surface area contributed by atoms with E-state index in [2.05, 4.69) is 5.32 Å². The average Bonchev–Trinajstić information content (AvgIpc) is 2.42. The van der Waals surface area contributed by atoms with Gasteiger partial charge in [-0.05, 0) is 19.1 Å². The SMILES string of the molecule is COc1ccc(OC)c(N2CC(=O)NC(=O)C2C)c1. The molecule has 1 saturated heterocycles. The zero-order chi connectivity index (χ0) is 14.0. The lowest BCUT2D eigenvalue weighted by molar-refractivity contribution is -0.132. The Balaban J connectivity index is 2.43. The topological polar surface area (TPSA) is 67.9 Å². The number of hydrogen-bond acceptors (Lipinski definition) is 5. The fourth-order valence-electron chi connectivity index (χ4n) is 2.03. The van der Waals surface area contributed by atoms with Crippen LogP contribution in [-0.4, -0.2) is 38.6 Å². The highest BCUT2D eigenvalue weighted by atomic mass is 16.5. The first-order valence-corrected chi connectivity index (χ1v) is 5.89. The number of nitrogens with zero attached hydrogens (tertiary/aromatic N) is 1. The molecule has 0 bridgehead atoms. The van der Waals surface area contributed by atoms with Crippen LogP contribution < -0.4 is 19.7 Å². The van der Waals surface area contributed by atoms with Crippen LogP contribution in [-0.2, 0) is 9.59 Å². The maximum atomic E-state index is 11.7. The van der Waals surface area contributed by atoms with E-state index in [-0.39, 0.29) is 18.4 Å². The molecule has 0 saturated carbocycles. The molecule has 6 nitrogen and oxygen atoms in total. The molecule has 6 heteroatoms. The summed E-state index contributed by atoms with van der Waals surface area (Å²) in [5.74, 6) is 0.589. The molecule has 1 aromatic rings. The number of imide groups is 1. The Morgan fingerprint density at radius 2 is 2.00 bits per heavy atom. The minimum Gasteiger partial charge on any atom is -0.497 e. The standard InChI is InChI=1S/C13H16N2O4/c1-8-13(17)14-12(16)7-15(8)10-6-9(18-2)4-5-11(10)19-3/h4-6,8H,7H2,1-3H3,(H,14,16,17). The molecule has 1 atom stereocenters. The third-order valence-corrected chi connectivity index (χ3v) is 3.12. The van der Waals surface area contributed by atoms with Gasteiger partial charge in [0, 0.05) is 6.07 Å². The summed E-state index contributed by atoms with van der Waals surface area (Å²) in [4.78, 5) is 24.9. The van der Waals surface area contributed by atoms with Crippen LogP contribution in [0.5, 0.6) is 11.5 Å². The number of piperazine rings is 1. The number of methoxy groups -OCH3 is 2. The summed E-state index contributed by atoms with van der Waals surface area (Å²) in [6, 6.07) is 4.82. The minimum atomic E-state index is -0.446. The number of benzene rings is 1. The van der Waals surface area contributed by atoms with Crippen LogP contribution in [0.2, 0.25) is 0 Å². The van der Waals surface area contributed by atoms with E-state index in [9.17, 15) is 9.59 Å². The number of amides is 2. The minimum absolute atomic E-state index is 0.108. The summed E-state index contributed by atoms with van der Waals surface area (Å²) >= 11 is 0. The predicted octanol–water partition coefficient (Wildman–Crippen LogP) is 0.555. The summed E-state index contributed by atoms with van der Waals surface area (Å²) in [5.41, 5.74) is 0.664. The number of rotatable bonds is 3. The number of nitrogens with one attached hydrogen (secondary N) is 1. The Hall–Kier alpha value is -2.24. The van der Waals surface area contributed by atoms with Crippen molar-refractivity contribution >= 4 is 17.5 Å². The molecule has 0 aromatic heterocycles. The van der Waals surface area contributed by atoms with Gasteiger partial charge in [0.1, 0.15) is 17.5 Å². The third-order valence-electron chi connectivity index (χ3n) is 3.12. The molecular weight excluding hydrogens is 248 g/mol. The van der Waals surface area contributed by atoms with E-state index in [0.29, 0.717) is 17.2 Å². The maximum Gasteiger partial charge on any atom is 0.249 e. The lowest BCUT2D eigenvalue weighted by Crippen LogP contribution is -2.57. The van der Waals surface area contributed by atoms with E-state index in [1.165, 1.54) is 0 Å². The molecule has 1 aliphatic rings. The Kier molecular flexibility index (Phi) is 3.59. The molecule has 0 aliphatic carbocycles. The van der Waals surface area contributed by atoms with Crippen LogP contribution in [0, 0.1) is 0 Å². The zero-order valence-electron chi connectivity index (χ0n) is 11.1. The van der Waals surface area contributed by atoms with E-state index in [0.717, 1.165) is 0 Å². The first kappa shape index (κ1) is 13.2. The van der Waals surface area contributed by atoms with Crippen LogP contribution in [0.15, 0.2) is 18.2 Å². The fraction of sp³-hybridized carbons (Fsp3) is 0.385. The quantitative estimate of drug-likeness (QED) is 0.808. The van der Waals surface area contributed by atoms with E-state index in [4.69, 9.17) is 9.47 Å². The van der Waals surface area contributed by atoms with Crippen LogP contribution in [0.3, 0.4) is 0 Å². The Labute approximate surface area is 111 Å². The van der Waals surface area contributed by atoms with Crippen molar-refractivity contribution in [1.82, 2.24) is 5.32 Å². The Morgan fingerprint density at radius 1 is 1.26 bits per heavy atom. The second-order valence-corrected chi connectivity index (χ2v) is 4.25. The van der Waals surface area contributed by atoms with Crippen molar-refractivity contribution in [2.45, 2.75) is 13.0 Å². The molecule has 102 valence electrons. The molecule has 2 amide bonds. The smallest absolute Gasteiger partial charge is 0.249 e. The van der Waals surface area contributed by atoms with Crippen molar-refractivity contribution in [2.24, 2.45) is 0 Å². The van der Waals surface area contributed by atoms with Gasteiger partial charge < -0.3 is 14.4 Å². The third kappa shape index (κ3) is 2.47. The maximum absolute atomic E-state index is 11.7. The first-order chi connectivity index (χ1) is 9.06. The molecule has 1 fully saturated rings. The summed E-state index contributed by atoms with van der Waals surface area (Å²) < 4.78 is 10.4. The molecule has 1 heterocycles. The summed E-state index contributed by atoms with van der Waals surface area (Å²) in [7, 11) is 3.10. The van der Waals surface area contributed by atoms with Gasteiger partial charge in [-0.2, -0.15) is 0 Å². The molecular formula is C13H16N2O4. The van der Waals surface area contributed by atoms with E-state index < -0.39 is 6.04 Å². The van der Waals surface area contributed by atoms with E-state index in [1.807, 2.05) is 0 Å². The van der Waals surface area contributed by atoms with Gasteiger partial charge in [0.15, 0.2) is 0 Å². The number of carbonyl (C=O) groups is 2. The highest BCUT2D eigenvalue weighted by Crippen LogP contribution is 2.33. The second-order valence-electron chi connectivity index (χ2n) is 4.25. The van der Waals surface area contributed by atoms with Crippen molar-refractivity contribution in [3.05, 3.63) is 18.2 Å². The zero-order valence-corrected chi connectivity index (χ0v) is 11.1. The van der Waals surface area contributed by atoms with Gasteiger partial charge in [-0.3, -0.25) is 14.9 Å². The fourth-order valence-corrected chi connectivity index (χ4v) is 2.03. The largest absolute Gasteiger partial charge is 0.497 e. The van der Waals surface area contributed by atoms with Crippen LogP contribution in [0.25, 0.3) is 0 Å². The van der Waals surface area contributed by atoms with Gasteiger partial charge in [0.05, 0.1) is 26.5 Å². The monoisotopic (exact) mass is 264 g/mol. The van der Waals surface area contributed by atoms with Crippen LogP contribution >= 0.6 is 0 Å². The number of carbonyl (C=O) groups excluding carboxylic acids is 2. The lowest BCUT2D eigenvalue weighted by atomic mass is 10.1.